The molecule has 0 spiro atoms. The number of ether oxygens (including phenoxy) is 3. The molecule has 2 heterocycles. The molecule has 0 unspecified atom stereocenters. The summed E-state index contributed by atoms with van der Waals surface area (Å²) in [5, 5.41) is 22.1. The number of rotatable bonds is 6. The summed E-state index contributed by atoms with van der Waals surface area (Å²) in [7, 11) is 7.15. The van der Waals surface area contributed by atoms with Gasteiger partial charge in [-0.1, -0.05) is 42.5 Å². The van der Waals surface area contributed by atoms with E-state index >= 15 is 0 Å². The summed E-state index contributed by atoms with van der Waals surface area (Å²) < 4.78 is 18.0. The van der Waals surface area contributed by atoms with Crippen LogP contribution in [0.25, 0.3) is 0 Å². The number of pyridine rings is 1. The number of fused-ring (bicyclic) bond motifs is 3. The molecule has 1 aliphatic carbocycles. The first-order valence-corrected chi connectivity index (χ1v) is 11.6. The summed E-state index contributed by atoms with van der Waals surface area (Å²) in [6, 6.07) is 21.4. The van der Waals surface area contributed by atoms with Gasteiger partial charge in [0, 0.05) is 18.5 Å². The molecule has 0 saturated heterocycles. The van der Waals surface area contributed by atoms with Gasteiger partial charge in [-0.3, -0.25) is 0 Å². The first-order chi connectivity index (χ1) is 16.9. The second kappa shape index (κ2) is 8.56. The lowest BCUT2D eigenvalue weighted by Crippen LogP contribution is -2.48. The maximum absolute atomic E-state index is 12.7. The van der Waals surface area contributed by atoms with Crippen molar-refractivity contribution in [2.75, 3.05) is 34.9 Å². The number of aromatic nitrogens is 1. The molecular weight excluding hydrogens is 442 g/mol. The fourth-order valence-corrected chi connectivity index (χ4v) is 6.11. The van der Waals surface area contributed by atoms with Crippen LogP contribution in [0.5, 0.6) is 17.5 Å². The predicted octanol–water partition coefficient (Wildman–Crippen LogP) is 3.81. The molecule has 1 fully saturated rings. The fourth-order valence-electron chi connectivity index (χ4n) is 6.11. The molecule has 4 atom stereocenters. The number of nitrogens with zero attached hydrogens (tertiary/aromatic N) is 3. The van der Waals surface area contributed by atoms with E-state index < -0.39 is 11.2 Å². The van der Waals surface area contributed by atoms with Gasteiger partial charge < -0.3 is 24.2 Å². The molecule has 2 aliphatic rings. The molecule has 0 amide bonds. The van der Waals surface area contributed by atoms with Crippen LogP contribution >= 0.6 is 0 Å². The van der Waals surface area contributed by atoms with Gasteiger partial charge in [0.25, 0.3) is 0 Å². The van der Waals surface area contributed by atoms with Gasteiger partial charge in [-0.25, -0.2) is 0 Å². The molecule has 5 rings (SSSR count). The van der Waals surface area contributed by atoms with E-state index in [1.165, 1.54) is 14.2 Å². The van der Waals surface area contributed by atoms with Crippen molar-refractivity contribution in [2.45, 2.75) is 23.5 Å². The van der Waals surface area contributed by atoms with Gasteiger partial charge in [-0.2, -0.15) is 10.2 Å². The van der Waals surface area contributed by atoms with Gasteiger partial charge >= 0.3 is 0 Å². The highest BCUT2D eigenvalue weighted by Gasteiger charge is 2.72. The number of hydrogen-bond donors (Lipinski definition) is 1. The average Bonchev–Trinajstić information content (AvgIpc) is 3.26. The van der Waals surface area contributed by atoms with Gasteiger partial charge in [0.1, 0.15) is 11.4 Å². The number of methoxy groups -OCH3 is 2. The molecule has 1 aliphatic heterocycles. The Morgan fingerprint density at radius 3 is 2.43 bits per heavy atom. The van der Waals surface area contributed by atoms with E-state index in [0.717, 1.165) is 17.7 Å². The van der Waals surface area contributed by atoms with E-state index in [4.69, 9.17) is 14.2 Å². The van der Waals surface area contributed by atoms with Crippen LogP contribution in [0.4, 0.5) is 0 Å². The van der Waals surface area contributed by atoms with Crippen LogP contribution in [-0.4, -0.2) is 49.9 Å². The summed E-state index contributed by atoms with van der Waals surface area (Å²) in [5.41, 5.74) is 0.365. The minimum atomic E-state index is -1.43. The lowest BCUT2D eigenvalue weighted by atomic mass is 9.71. The Labute approximate surface area is 205 Å². The lowest BCUT2D eigenvalue weighted by Gasteiger charge is -2.41. The van der Waals surface area contributed by atoms with Crippen molar-refractivity contribution in [3.05, 3.63) is 82.9 Å². The van der Waals surface area contributed by atoms with E-state index in [1.54, 1.807) is 18.2 Å². The second-order valence-electron chi connectivity index (χ2n) is 9.55. The lowest BCUT2D eigenvalue weighted by molar-refractivity contribution is -0.106. The van der Waals surface area contributed by atoms with Crippen molar-refractivity contribution in [2.24, 2.45) is 5.92 Å². The SMILES string of the molecule is COc1cc2c(c(OC)n1)[C@]1(O)C[C@@H](CN(C)C)[C@@H](c3ccccc3)[C@]1(c1ccc(C#N)cc1)O2. The van der Waals surface area contributed by atoms with E-state index in [9.17, 15) is 10.4 Å². The summed E-state index contributed by atoms with van der Waals surface area (Å²) in [4.78, 5) is 6.63. The van der Waals surface area contributed by atoms with Gasteiger partial charge in [0.15, 0.2) is 5.60 Å². The predicted molar refractivity (Wildman–Crippen MR) is 131 cm³/mol. The number of hydrogen-bond acceptors (Lipinski definition) is 7. The first-order valence-electron chi connectivity index (χ1n) is 11.6. The minimum absolute atomic E-state index is 0.0630. The molecule has 2 aromatic carbocycles. The Balaban J connectivity index is 1.82. The van der Waals surface area contributed by atoms with Crippen molar-refractivity contribution >= 4 is 0 Å². The Morgan fingerprint density at radius 1 is 1.11 bits per heavy atom. The number of nitriles is 1. The molecular formula is C28H29N3O4. The fraction of sp³-hybridized carbons (Fsp3) is 0.357. The highest BCUT2D eigenvalue weighted by atomic mass is 16.5. The van der Waals surface area contributed by atoms with Gasteiger partial charge in [-0.15, -0.1) is 0 Å². The molecule has 3 aromatic rings. The molecule has 1 aromatic heterocycles. The Morgan fingerprint density at radius 2 is 1.83 bits per heavy atom. The van der Waals surface area contributed by atoms with Crippen molar-refractivity contribution in [1.82, 2.24) is 9.88 Å². The quantitative estimate of drug-likeness (QED) is 0.585. The molecule has 1 N–H and O–H groups in total. The molecule has 0 bridgehead atoms. The highest BCUT2D eigenvalue weighted by Crippen LogP contribution is 2.69. The molecule has 180 valence electrons. The Hall–Kier alpha value is -3.60. The van der Waals surface area contributed by atoms with E-state index in [2.05, 4.69) is 28.1 Å². The van der Waals surface area contributed by atoms with Crippen molar-refractivity contribution in [3.8, 4) is 23.6 Å². The van der Waals surface area contributed by atoms with Crippen LogP contribution in [0.3, 0.4) is 0 Å². The van der Waals surface area contributed by atoms with Crippen LogP contribution in [0, 0.1) is 17.2 Å². The zero-order valence-electron chi connectivity index (χ0n) is 20.4. The Bertz CT molecular complexity index is 1270. The summed E-state index contributed by atoms with van der Waals surface area (Å²) >= 11 is 0. The van der Waals surface area contributed by atoms with Gasteiger partial charge in [-0.05, 0) is 49.7 Å². The van der Waals surface area contributed by atoms with Crippen LogP contribution in [-0.2, 0) is 11.2 Å². The van der Waals surface area contributed by atoms with Crippen LogP contribution < -0.4 is 14.2 Å². The maximum Gasteiger partial charge on any atom is 0.226 e. The highest BCUT2D eigenvalue weighted by molar-refractivity contribution is 5.59. The third kappa shape index (κ3) is 3.36. The van der Waals surface area contributed by atoms with E-state index in [0.29, 0.717) is 29.2 Å². The molecule has 7 heteroatoms. The van der Waals surface area contributed by atoms with Crippen molar-refractivity contribution < 1.29 is 19.3 Å². The van der Waals surface area contributed by atoms with Crippen LogP contribution in [0.2, 0.25) is 0 Å². The monoisotopic (exact) mass is 471 g/mol. The average molecular weight is 472 g/mol. The van der Waals surface area contributed by atoms with Crippen LogP contribution in [0.1, 0.15) is 34.6 Å². The zero-order chi connectivity index (χ0) is 24.8. The van der Waals surface area contributed by atoms with Crippen molar-refractivity contribution in [3.63, 3.8) is 0 Å². The van der Waals surface area contributed by atoms with E-state index in [-0.39, 0.29) is 17.7 Å². The molecule has 35 heavy (non-hydrogen) atoms. The van der Waals surface area contributed by atoms with Gasteiger partial charge in [0.2, 0.25) is 11.8 Å². The normalized spacial score (nSPS) is 26.5. The third-order valence-corrected chi connectivity index (χ3v) is 7.30. The molecule has 1 saturated carbocycles. The molecule has 7 nitrogen and oxygen atoms in total. The molecule has 0 radical (unpaired) electrons. The standard InChI is InChI=1S/C28H29N3O4/c1-31(2)17-20-15-27(32)25-22(14-23(33-3)30-26(25)34-4)35-28(27,21-12-10-18(16-29)11-13-21)24(20)19-8-6-5-7-9-19/h5-14,20,24,32H,15,17H2,1-4H3/t20-,24+,27+,28-/m0/s1. The summed E-state index contributed by atoms with van der Waals surface area (Å²) in [5.74, 6) is 1.000. The summed E-state index contributed by atoms with van der Waals surface area (Å²) in [6.45, 7) is 0.754. The smallest absolute Gasteiger partial charge is 0.226 e. The first kappa shape index (κ1) is 23.2. The van der Waals surface area contributed by atoms with Crippen molar-refractivity contribution in [1.29, 1.82) is 5.26 Å². The van der Waals surface area contributed by atoms with E-state index in [1.807, 2.05) is 44.4 Å². The maximum atomic E-state index is 12.7. The van der Waals surface area contributed by atoms with Crippen LogP contribution in [0.15, 0.2) is 60.7 Å². The number of benzene rings is 2. The second-order valence-corrected chi connectivity index (χ2v) is 9.55. The largest absolute Gasteiger partial charge is 0.481 e. The zero-order valence-corrected chi connectivity index (χ0v) is 20.4. The Kier molecular flexibility index (Phi) is 5.66. The topological polar surface area (TPSA) is 87.8 Å². The van der Waals surface area contributed by atoms with Gasteiger partial charge in [0.05, 0.1) is 31.4 Å². The number of aliphatic hydroxyl groups is 1. The third-order valence-electron chi connectivity index (χ3n) is 7.30. The summed E-state index contributed by atoms with van der Waals surface area (Å²) in [6.07, 6.45) is 0.447. The minimum Gasteiger partial charge on any atom is -0.481 e.